The van der Waals surface area contributed by atoms with Gasteiger partial charge in [0.05, 0.1) is 11.4 Å². The third-order valence-corrected chi connectivity index (χ3v) is 14.7. The van der Waals surface area contributed by atoms with Crippen LogP contribution in [-0.2, 0) is 5.41 Å². The fraction of sp³-hybridized carbons (Fsp3) is 0.0588. The molecular weight excluding hydrogens is 877 g/mol. The Morgan fingerprint density at radius 3 is 1.17 bits per heavy atom. The van der Waals surface area contributed by atoms with E-state index in [2.05, 4.69) is 243 Å². The summed E-state index contributed by atoms with van der Waals surface area (Å²) in [7, 11) is 0. The van der Waals surface area contributed by atoms with Crippen LogP contribution < -0.4 is 9.80 Å². The van der Waals surface area contributed by atoms with Crippen LogP contribution in [0.1, 0.15) is 26.3 Å². The van der Waals surface area contributed by atoms with Gasteiger partial charge in [0.1, 0.15) is 22.3 Å². The van der Waals surface area contributed by atoms with Gasteiger partial charge in [0.25, 0.3) is 0 Å². The summed E-state index contributed by atoms with van der Waals surface area (Å²) in [6.45, 7) is 6.91. The molecule has 0 aliphatic rings. The Balaban J connectivity index is 0.995. The lowest BCUT2D eigenvalue weighted by Crippen LogP contribution is -2.14. The molecule has 0 radical (unpaired) electrons. The van der Waals surface area contributed by atoms with Gasteiger partial charge in [-0.3, -0.25) is 0 Å². The zero-order chi connectivity index (χ0) is 48.1. The third-order valence-electron chi connectivity index (χ3n) is 14.7. The first-order valence-corrected chi connectivity index (χ1v) is 24.8. The molecule has 4 heteroatoms. The van der Waals surface area contributed by atoms with Crippen molar-refractivity contribution in [2.24, 2.45) is 0 Å². The van der Waals surface area contributed by atoms with E-state index in [9.17, 15) is 0 Å². The second kappa shape index (κ2) is 16.2. The number of fused-ring (bicyclic) bond motifs is 6. The van der Waals surface area contributed by atoms with E-state index in [-0.39, 0.29) is 5.41 Å². The summed E-state index contributed by atoms with van der Waals surface area (Å²) in [6.07, 6.45) is 0. The minimum atomic E-state index is -0.0147. The molecule has 0 amide bonds. The SMILES string of the molecule is CC(C)(C)c1cc2ccc3c(N(c4ccccc4)c4ccc(-c5cccc6c5oc5ccccc56)cc4)cc(N(c4ccccc4)c4ccc(-c5cccc6c5oc5ccccc56)cc4)c4ccc(c1)c2c34. The Hall–Kier alpha value is -9.12. The number of hydrogen-bond acceptors (Lipinski definition) is 4. The van der Waals surface area contributed by atoms with Crippen LogP contribution >= 0.6 is 0 Å². The fourth-order valence-corrected chi connectivity index (χ4v) is 11.2. The Labute approximate surface area is 417 Å². The van der Waals surface area contributed by atoms with Crippen LogP contribution in [0.5, 0.6) is 0 Å². The first kappa shape index (κ1) is 41.8. The van der Waals surface area contributed by atoms with E-state index in [0.717, 1.165) is 100 Å². The lowest BCUT2D eigenvalue weighted by Gasteiger charge is -2.32. The number of nitrogens with zero attached hydrogens (tertiary/aromatic N) is 2. The zero-order valence-electron chi connectivity index (χ0n) is 40.2. The average molecular weight is 925 g/mol. The van der Waals surface area contributed by atoms with Crippen molar-refractivity contribution < 1.29 is 8.83 Å². The molecule has 0 aliphatic carbocycles. The lowest BCUT2D eigenvalue weighted by molar-refractivity contribution is 0.591. The number of anilines is 6. The number of para-hydroxylation sites is 6. The molecule has 2 heterocycles. The Morgan fingerprint density at radius 2 is 0.722 bits per heavy atom. The molecular formula is C68H48N2O2. The van der Waals surface area contributed by atoms with E-state index in [0.29, 0.717) is 0 Å². The van der Waals surface area contributed by atoms with Gasteiger partial charge < -0.3 is 18.6 Å². The normalized spacial score (nSPS) is 12.1. The maximum Gasteiger partial charge on any atom is 0.143 e. The van der Waals surface area contributed by atoms with Gasteiger partial charge in [-0.05, 0) is 105 Å². The molecule has 72 heavy (non-hydrogen) atoms. The van der Waals surface area contributed by atoms with Crippen LogP contribution in [0, 0.1) is 0 Å². The molecule has 0 atom stereocenters. The quantitative estimate of drug-likeness (QED) is 0.142. The predicted molar refractivity (Wildman–Crippen MR) is 304 cm³/mol. The number of hydrogen-bond donors (Lipinski definition) is 0. The first-order valence-electron chi connectivity index (χ1n) is 24.8. The molecule has 0 fully saturated rings. The van der Waals surface area contributed by atoms with E-state index in [1.165, 1.54) is 37.9 Å². The molecule has 342 valence electrons. The van der Waals surface area contributed by atoms with Crippen LogP contribution in [0.4, 0.5) is 34.1 Å². The van der Waals surface area contributed by atoms with Crippen molar-refractivity contribution in [3.63, 3.8) is 0 Å². The summed E-state index contributed by atoms with van der Waals surface area (Å²) >= 11 is 0. The summed E-state index contributed by atoms with van der Waals surface area (Å²) in [4.78, 5) is 4.86. The Morgan fingerprint density at radius 1 is 0.319 bits per heavy atom. The second-order valence-electron chi connectivity index (χ2n) is 20.1. The molecule has 0 saturated carbocycles. The molecule has 12 aromatic carbocycles. The van der Waals surface area contributed by atoms with Gasteiger partial charge in [0.15, 0.2) is 0 Å². The maximum absolute atomic E-state index is 6.53. The highest BCUT2D eigenvalue weighted by Gasteiger charge is 2.26. The van der Waals surface area contributed by atoms with Gasteiger partial charge >= 0.3 is 0 Å². The minimum Gasteiger partial charge on any atom is -0.455 e. The molecule has 4 nitrogen and oxygen atoms in total. The van der Waals surface area contributed by atoms with Crippen LogP contribution in [-0.4, -0.2) is 0 Å². The predicted octanol–water partition coefficient (Wildman–Crippen LogP) is 20.0. The Kier molecular flexibility index (Phi) is 9.43. The van der Waals surface area contributed by atoms with Crippen molar-refractivity contribution in [2.75, 3.05) is 9.80 Å². The molecule has 0 saturated heterocycles. The summed E-state index contributed by atoms with van der Waals surface area (Å²) < 4.78 is 13.1. The number of rotatable bonds is 8. The van der Waals surface area contributed by atoms with Gasteiger partial charge in [-0.15, -0.1) is 0 Å². The van der Waals surface area contributed by atoms with E-state index < -0.39 is 0 Å². The van der Waals surface area contributed by atoms with E-state index in [1.54, 1.807) is 0 Å². The van der Waals surface area contributed by atoms with Crippen molar-refractivity contribution in [3.05, 3.63) is 242 Å². The van der Waals surface area contributed by atoms with Gasteiger partial charge in [0, 0.05) is 71.6 Å². The summed E-state index contributed by atoms with van der Waals surface area (Å²) in [5.41, 5.74) is 15.6. The van der Waals surface area contributed by atoms with Gasteiger partial charge in [0.2, 0.25) is 0 Å². The number of furan rings is 2. The molecule has 0 N–H and O–H groups in total. The van der Waals surface area contributed by atoms with Gasteiger partial charge in [-0.2, -0.15) is 0 Å². The van der Waals surface area contributed by atoms with Gasteiger partial charge in [-0.1, -0.05) is 191 Å². The van der Waals surface area contributed by atoms with E-state index >= 15 is 0 Å². The fourth-order valence-electron chi connectivity index (χ4n) is 11.2. The number of benzene rings is 12. The highest BCUT2D eigenvalue weighted by molar-refractivity contribution is 6.29. The molecule has 2 aromatic heterocycles. The molecule has 14 rings (SSSR count). The van der Waals surface area contributed by atoms with Crippen LogP contribution in [0.3, 0.4) is 0 Å². The molecule has 14 aromatic rings. The summed E-state index contributed by atoms with van der Waals surface area (Å²) in [5, 5.41) is 11.8. The summed E-state index contributed by atoms with van der Waals surface area (Å²) in [5.74, 6) is 0. The minimum absolute atomic E-state index is 0.0147. The van der Waals surface area contributed by atoms with Crippen molar-refractivity contribution in [1.82, 2.24) is 0 Å². The average Bonchev–Trinajstić information content (AvgIpc) is 4.01. The monoisotopic (exact) mass is 924 g/mol. The second-order valence-corrected chi connectivity index (χ2v) is 20.1. The third kappa shape index (κ3) is 6.67. The first-order chi connectivity index (χ1) is 35.3. The van der Waals surface area contributed by atoms with Crippen molar-refractivity contribution in [3.8, 4) is 22.3 Å². The topological polar surface area (TPSA) is 32.8 Å². The maximum atomic E-state index is 6.53. The van der Waals surface area contributed by atoms with Crippen LogP contribution in [0.25, 0.3) is 98.4 Å². The highest BCUT2D eigenvalue weighted by Crippen LogP contribution is 2.51. The zero-order valence-corrected chi connectivity index (χ0v) is 40.2. The van der Waals surface area contributed by atoms with Crippen LogP contribution in [0.2, 0.25) is 0 Å². The highest BCUT2D eigenvalue weighted by atomic mass is 16.3. The van der Waals surface area contributed by atoms with Crippen molar-refractivity contribution in [1.29, 1.82) is 0 Å². The van der Waals surface area contributed by atoms with Gasteiger partial charge in [-0.25, -0.2) is 0 Å². The summed E-state index contributed by atoms with van der Waals surface area (Å²) in [6, 6.07) is 85.6. The van der Waals surface area contributed by atoms with Crippen molar-refractivity contribution in [2.45, 2.75) is 26.2 Å². The largest absolute Gasteiger partial charge is 0.455 e. The van der Waals surface area contributed by atoms with Crippen LogP contribution in [0.15, 0.2) is 245 Å². The smallest absolute Gasteiger partial charge is 0.143 e. The molecule has 0 bridgehead atoms. The lowest BCUT2D eigenvalue weighted by atomic mass is 9.83. The standard InChI is InChI=1S/C68H48N2O2/c1-68(2,3)47-40-45-32-38-58-60(69(48-16-6-4-7-17-48)50-34-28-43(29-35-50)52-22-14-24-56-54-20-10-12-26-62(54)71-66(52)56)42-61(59-39-33-46(41-47)64(45)65(58)59)70(49-18-8-5-9-19-49)51-36-30-44(31-37-51)53-23-15-25-57-55-21-11-13-27-63(55)72-67(53)57/h4-42H,1-3H3. The van der Waals surface area contributed by atoms with E-state index in [4.69, 9.17) is 8.83 Å². The Bertz CT molecular complexity index is 4080. The molecule has 0 aliphatic heterocycles. The molecule has 0 spiro atoms. The van der Waals surface area contributed by atoms with E-state index in [1.807, 2.05) is 24.3 Å². The molecule has 0 unspecified atom stereocenters. The van der Waals surface area contributed by atoms with Crippen molar-refractivity contribution >= 4 is 110 Å².